The molecular weight excluding hydrogens is 801 g/mol. The molecule has 62 heavy (non-hydrogen) atoms. The van der Waals surface area contributed by atoms with Gasteiger partial charge in [-0.25, -0.2) is 14.4 Å². The topological polar surface area (TPSA) is 187 Å². The molecule has 7 rings (SSSR count). The summed E-state index contributed by atoms with van der Waals surface area (Å²) in [5.41, 5.74) is 4.45. The van der Waals surface area contributed by atoms with Crippen molar-refractivity contribution in [3.05, 3.63) is 63.6 Å². The maximum Gasteiger partial charge on any atom is 0.419 e. The fourth-order valence-electron chi connectivity index (χ4n) is 9.09. The minimum Gasteiger partial charge on any atom is -0.456 e. The van der Waals surface area contributed by atoms with Gasteiger partial charge >= 0.3 is 23.8 Å². The smallest absolute Gasteiger partial charge is 0.419 e. The number of carbonyl (C=O) groups excluding carboxylic acids is 6. The standard InChI is InChI=1S/C44H58N8O10/c1-29-25-30(26-35-40(29)47(4)43(58)61-35)27-36(62-44(59)51-18-14-33(15-19-51)52-20-11-31-7-5-6-8-34(31)45-42(52)57)41(56)50-23-21-48(22-24-50)32-12-16-49(17-13-32)37(53)9-10-39(55)60-28-38(54)46(2)3/h5-8,25-26,32-33,36H,9-24,27-28H2,1-4H3,(H,45,57)/t36-/m1/s1. The molecule has 4 aliphatic heterocycles. The lowest BCUT2D eigenvalue weighted by atomic mass is 10.0. The number of carbonyl (C=O) groups is 6. The first-order valence-electron chi connectivity index (χ1n) is 21.6. The molecule has 0 saturated carbocycles. The number of urea groups is 1. The van der Waals surface area contributed by atoms with Crippen LogP contribution in [0.1, 0.15) is 55.2 Å². The first kappa shape index (κ1) is 44.2. The summed E-state index contributed by atoms with van der Waals surface area (Å²) in [6, 6.07) is 11.4. The number of fused-ring (bicyclic) bond motifs is 2. The third-order valence-electron chi connectivity index (χ3n) is 12.7. The van der Waals surface area contributed by atoms with Crippen molar-refractivity contribution in [2.45, 2.75) is 76.5 Å². The van der Waals surface area contributed by atoms with E-state index in [-0.39, 0.29) is 61.7 Å². The second-order valence-corrected chi connectivity index (χ2v) is 16.9. The van der Waals surface area contributed by atoms with E-state index in [4.69, 9.17) is 13.9 Å². The summed E-state index contributed by atoms with van der Waals surface area (Å²) in [6.45, 7) is 6.04. The van der Waals surface area contributed by atoms with Gasteiger partial charge in [-0.1, -0.05) is 24.3 Å². The summed E-state index contributed by atoms with van der Waals surface area (Å²) in [5, 5.41) is 3.03. The molecule has 4 aliphatic rings. The number of aryl methyl sites for hydroxylation is 2. The number of anilines is 1. The molecule has 0 bridgehead atoms. The number of aromatic nitrogens is 1. The van der Waals surface area contributed by atoms with Crippen molar-refractivity contribution in [3.63, 3.8) is 0 Å². The lowest BCUT2D eigenvalue weighted by Crippen LogP contribution is -2.57. The van der Waals surface area contributed by atoms with Gasteiger partial charge in [0.1, 0.15) is 0 Å². The Morgan fingerprint density at radius 3 is 2.23 bits per heavy atom. The number of rotatable bonds is 11. The highest BCUT2D eigenvalue weighted by Gasteiger charge is 2.37. The second-order valence-electron chi connectivity index (χ2n) is 16.9. The van der Waals surface area contributed by atoms with E-state index in [0.29, 0.717) is 88.4 Å². The molecular formula is C44H58N8O10. The minimum atomic E-state index is -1.13. The maximum atomic E-state index is 14.4. The van der Waals surface area contributed by atoms with Crippen LogP contribution >= 0.6 is 0 Å². The molecule has 5 heterocycles. The molecule has 18 heteroatoms. The van der Waals surface area contributed by atoms with Crippen LogP contribution in [-0.2, 0) is 48.5 Å². The molecule has 3 fully saturated rings. The van der Waals surface area contributed by atoms with E-state index in [1.807, 2.05) is 42.2 Å². The zero-order valence-electron chi connectivity index (χ0n) is 36.1. The molecule has 18 nitrogen and oxygen atoms in total. The average Bonchev–Trinajstić information content (AvgIpc) is 3.45. The van der Waals surface area contributed by atoms with E-state index in [2.05, 4.69) is 10.2 Å². The molecule has 0 radical (unpaired) electrons. The molecule has 1 N–H and O–H groups in total. The van der Waals surface area contributed by atoms with Crippen molar-refractivity contribution in [2.24, 2.45) is 7.05 Å². The van der Waals surface area contributed by atoms with E-state index in [1.165, 1.54) is 9.47 Å². The number of esters is 1. The average molecular weight is 859 g/mol. The summed E-state index contributed by atoms with van der Waals surface area (Å²) >= 11 is 0. The lowest BCUT2D eigenvalue weighted by Gasteiger charge is -2.43. The van der Waals surface area contributed by atoms with Crippen molar-refractivity contribution >= 4 is 52.6 Å². The highest BCUT2D eigenvalue weighted by atomic mass is 16.6. The molecule has 0 unspecified atom stereocenters. The summed E-state index contributed by atoms with van der Waals surface area (Å²) < 4.78 is 18.0. The fraction of sp³-hybridized carbons (Fsp3) is 0.568. The van der Waals surface area contributed by atoms with Crippen LogP contribution in [0.3, 0.4) is 0 Å². The third kappa shape index (κ3) is 10.2. The van der Waals surface area contributed by atoms with Crippen LogP contribution in [0, 0.1) is 6.92 Å². The first-order chi connectivity index (χ1) is 29.7. The van der Waals surface area contributed by atoms with E-state index in [1.54, 1.807) is 41.9 Å². The number of nitrogens with one attached hydrogen (secondary N) is 1. The highest BCUT2D eigenvalue weighted by molar-refractivity contribution is 5.91. The van der Waals surface area contributed by atoms with Crippen LogP contribution in [0.2, 0.25) is 0 Å². The number of piperidine rings is 2. The van der Waals surface area contributed by atoms with Crippen molar-refractivity contribution in [1.82, 2.24) is 34.0 Å². The Labute approximate surface area is 360 Å². The fourth-order valence-corrected chi connectivity index (χ4v) is 9.09. The maximum absolute atomic E-state index is 14.4. The number of piperazine rings is 1. The molecule has 2 aromatic carbocycles. The van der Waals surface area contributed by atoms with Gasteiger partial charge in [-0.3, -0.25) is 28.6 Å². The zero-order valence-corrected chi connectivity index (χ0v) is 36.1. The molecule has 334 valence electrons. The van der Waals surface area contributed by atoms with E-state index in [9.17, 15) is 33.6 Å². The monoisotopic (exact) mass is 858 g/mol. The van der Waals surface area contributed by atoms with Crippen molar-refractivity contribution in [1.29, 1.82) is 0 Å². The number of hydrogen-bond acceptors (Lipinski definition) is 11. The van der Waals surface area contributed by atoms with Gasteiger partial charge in [-0.15, -0.1) is 0 Å². The zero-order chi connectivity index (χ0) is 44.1. The summed E-state index contributed by atoms with van der Waals surface area (Å²) in [5.74, 6) is -1.83. The van der Waals surface area contributed by atoms with Crippen LogP contribution in [0.15, 0.2) is 45.6 Å². The van der Waals surface area contributed by atoms with Crippen LogP contribution in [0.25, 0.3) is 11.1 Å². The predicted molar refractivity (Wildman–Crippen MR) is 227 cm³/mol. The SMILES string of the molecule is Cc1cc(C[C@@H](OC(=O)N2CCC(N3CCc4ccccc4NC3=O)CC2)C(=O)N2CCN(C3CCN(C(=O)CCC(=O)OCC(=O)N(C)C)CC3)CC2)cc2oc(=O)n(C)c12. The number of amides is 6. The Morgan fingerprint density at radius 2 is 1.52 bits per heavy atom. The van der Waals surface area contributed by atoms with Crippen LogP contribution < -0.4 is 11.1 Å². The van der Waals surface area contributed by atoms with Gasteiger partial charge in [0.25, 0.3) is 11.8 Å². The number of hydrogen-bond donors (Lipinski definition) is 1. The molecule has 3 saturated heterocycles. The summed E-state index contributed by atoms with van der Waals surface area (Å²) in [7, 11) is 4.78. The largest absolute Gasteiger partial charge is 0.456 e. The van der Waals surface area contributed by atoms with E-state index >= 15 is 0 Å². The molecule has 1 atom stereocenters. The van der Waals surface area contributed by atoms with Gasteiger partial charge in [-0.05, 0) is 67.9 Å². The summed E-state index contributed by atoms with van der Waals surface area (Å²) in [6.07, 6.45) is 1.69. The van der Waals surface area contributed by atoms with E-state index < -0.39 is 23.9 Å². The Bertz CT molecular complexity index is 2210. The Hall–Kier alpha value is -5.91. The van der Waals surface area contributed by atoms with Gasteiger partial charge in [0.2, 0.25) is 5.91 Å². The van der Waals surface area contributed by atoms with Crippen molar-refractivity contribution in [2.75, 3.05) is 84.9 Å². The van der Waals surface area contributed by atoms with Crippen LogP contribution in [-0.4, -0.2) is 168 Å². The molecule has 0 spiro atoms. The second kappa shape index (κ2) is 19.4. The highest BCUT2D eigenvalue weighted by Crippen LogP contribution is 2.27. The number of oxazole rings is 1. The van der Waals surface area contributed by atoms with Crippen molar-refractivity contribution < 1.29 is 42.7 Å². The van der Waals surface area contributed by atoms with Gasteiger partial charge in [0.05, 0.1) is 11.9 Å². The quantitative estimate of drug-likeness (QED) is 0.280. The number of likely N-dealkylation sites (N-methyl/N-ethyl adjacent to an activating group) is 1. The molecule has 3 aromatic rings. The first-order valence-corrected chi connectivity index (χ1v) is 21.6. The Morgan fingerprint density at radius 1 is 0.839 bits per heavy atom. The summed E-state index contributed by atoms with van der Waals surface area (Å²) in [4.78, 5) is 101. The number of benzene rings is 2. The lowest BCUT2D eigenvalue weighted by molar-refractivity contribution is -0.152. The Kier molecular flexibility index (Phi) is 13.8. The minimum absolute atomic E-state index is 0.0185. The predicted octanol–water partition coefficient (Wildman–Crippen LogP) is 2.59. The van der Waals surface area contributed by atoms with Crippen LogP contribution in [0.4, 0.5) is 15.3 Å². The number of para-hydroxylation sites is 1. The third-order valence-corrected chi connectivity index (χ3v) is 12.7. The van der Waals surface area contributed by atoms with Gasteiger partial charge in [-0.2, -0.15) is 0 Å². The van der Waals surface area contributed by atoms with Gasteiger partial charge in [0.15, 0.2) is 18.3 Å². The molecule has 0 aliphatic carbocycles. The van der Waals surface area contributed by atoms with Gasteiger partial charge in [0, 0.05) is 111 Å². The van der Waals surface area contributed by atoms with Crippen molar-refractivity contribution in [3.8, 4) is 0 Å². The number of ether oxygens (including phenoxy) is 2. The number of nitrogens with zero attached hydrogens (tertiary/aromatic N) is 7. The van der Waals surface area contributed by atoms with E-state index in [0.717, 1.165) is 36.1 Å². The molecule has 6 amide bonds. The number of likely N-dealkylation sites (tertiary alicyclic amines) is 2. The normalized spacial score (nSPS) is 18.5. The molecule has 1 aromatic heterocycles. The Balaban J connectivity index is 0.935. The van der Waals surface area contributed by atoms with Gasteiger partial charge < -0.3 is 43.7 Å². The van der Waals surface area contributed by atoms with Crippen LogP contribution in [0.5, 0.6) is 0 Å².